The Kier molecular flexibility index (Phi) is 7.34. The average molecular weight is 464 g/mol. The van der Waals surface area contributed by atoms with Gasteiger partial charge in [0.25, 0.3) is 0 Å². The molecule has 0 radical (unpaired) electrons. The van der Waals surface area contributed by atoms with Gasteiger partial charge < -0.3 is 19.9 Å². The highest BCUT2D eigenvalue weighted by Gasteiger charge is 2.19. The van der Waals surface area contributed by atoms with Gasteiger partial charge in [-0.25, -0.2) is 9.97 Å². The molecule has 1 N–H and O–H groups in total. The molecule has 1 aliphatic rings. The number of anilines is 3. The fraction of sp³-hybridized carbons (Fsp3) is 0.320. The Morgan fingerprint density at radius 3 is 2.61 bits per heavy atom. The number of aryl methyl sites for hydroxylation is 1. The van der Waals surface area contributed by atoms with Crippen LogP contribution in [0.5, 0.6) is 5.75 Å². The second-order valence-electron chi connectivity index (χ2n) is 7.96. The lowest BCUT2D eigenvalue weighted by Crippen LogP contribution is -2.46. The molecule has 1 aromatic heterocycles. The number of nitrogens with zero attached hydrogens (tertiary/aromatic N) is 4. The van der Waals surface area contributed by atoms with E-state index in [1.807, 2.05) is 50.2 Å². The minimum absolute atomic E-state index is 0.0605. The van der Waals surface area contributed by atoms with Crippen molar-refractivity contribution in [2.75, 3.05) is 54.2 Å². The summed E-state index contributed by atoms with van der Waals surface area (Å²) in [6, 6.07) is 16.0. The normalized spacial score (nSPS) is 13.7. The summed E-state index contributed by atoms with van der Waals surface area (Å²) in [6.07, 6.45) is 1.77. The maximum absolute atomic E-state index is 12.4. The first kappa shape index (κ1) is 22.9. The van der Waals surface area contributed by atoms with Crippen molar-refractivity contribution in [1.82, 2.24) is 9.97 Å². The zero-order valence-corrected chi connectivity index (χ0v) is 20.1. The van der Waals surface area contributed by atoms with Gasteiger partial charge in [-0.3, -0.25) is 4.79 Å². The van der Waals surface area contributed by atoms with E-state index in [0.29, 0.717) is 5.16 Å². The second-order valence-corrected chi connectivity index (χ2v) is 8.90. The van der Waals surface area contributed by atoms with Crippen LogP contribution in [0.4, 0.5) is 17.2 Å². The lowest BCUT2D eigenvalue weighted by molar-refractivity contribution is -0.113. The number of carbonyl (C=O) groups is 1. The smallest absolute Gasteiger partial charge is 0.234 e. The largest absolute Gasteiger partial charge is 0.497 e. The maximum atomic E-state index is 12.4. The van der Waals surface area contributed by atoms with Gasteiger partial charge in [0, 0.05) is 49.8 Å². The van der Waals surface area contributed by atoms with Crippen molar-refractivity contribution in [2.45, 2.75) is 19.0 Å². The van der Waals surface area contributed by atoms with E-state index in [4.69, 9.17) is 9.72 Å². The van der Waals surface area contributed by atoms with E-state index in [1.165, 1.54) is 17.4 Å². The molecule has 172 valence electrons. The number of carbonyl (C=O) groups excluding carboxylic acids is 1. The van der Waals surface area contributed by atoms with E-state index in [9.17, 15) is 4.79 Å². The Morgan fingerprint density at radius 1 is 1.06 bits per heavy atom. The Morgan fingerprint density at radius 2 is 1.82 bits per heavy atom. The number of thioether (sulfide) groups is 1. The Bertz CT molecular complexity index is 1120. The number of ether oxygens (including phenoxy) is 1. The van der Waals surface area contributed by atoms with E-state index in [2.05, 4.69) is 32.2 Å². The van der Waals surface area contributed by atoms with Crippen LogP contribution in [-0.4, -0.2) is 54.9 Å². The number of hydrogen-bond acceptors (Lipinski definition) is 7. The standard InChI is InChI=1S/C25H29N5O2S/c1-18-6-4-9-22(19(18)2)27-24(31)17-33-25-26-11-10-23(28-25)30-14-12-29(13-15-30)20-7-5-8-21(16-20)32-3/h4-11,16H,12-15,17H2,1-3H3,(H,27,31). The summed E-state index contributed by atoms with van der Waals surface area (Å²) in [7, 11) is 1.69. The van der Waals surface area contributed by atoms with Gasteiger partial charge >= 0.3 is 0 Å². The number of aromatic nitrogens is 2. The van der Waals surface area contributed by atoms with Crippen molar-refractivity contribution < 1.29 is 9.53 Å². The number of benzene rings is 2. The van der Waals surface area contributed by atoms with E-state index in [1.54, 1.807) is 13.3 Å². The lowest BCUT2D eigenvalue weighted by Gasteiger charge is -2.36. The van der Waals surface area contributed by atoms with Crippen LogP contribution in [0, 0.1) is 13.8 Å². The van der Waals surface area contributed by atoms with Crippen LogP contribution in [0.3, 0.4) is 0 Å². The maximum Gasteiger partial charge on any atom is 0.234 e. The highest BCUT2D eigenvalue weighted by Crippen LogP contribution is 2.24. The van der Waals surface area contributed by atoms with Crippen LogP contribution in [0.25, 0.3) is 0 Å². The fourth-order valence-electron chi connectivity index (χ4n) is 3.78. The first-order chi connectivity index (χ1) is 16.0. The van der Waals surface area contributed by atoms with Gasteiger partial charge in [-0.2, -0.15) is 0 Å². The van der Waals surface area contributed by atoms with Crippen molar-refractivity contribution in [3.8, 4) is 5.75 Å². The molecule has 2 heterocycles. The Balaban J connectivity index is 1.31. The molecule has 1 aliphatic heterocycles. The number of amides is 1. The zero-order valence-electron chi connectivity index (χ0n) is 19.2. The number of hydrogen-bond donors (Lipinski definition) is 1. The average Bonchev–Trinajstić information content (AvgIpc) is 2.86. The van der Waals surface area contributed by atoms with Crippen LogP contribution < -0.4 is 19.9 Å². The van der Waals surface area contributed by atoms with Gasteiger partial charge in [-0.05, 0) is 49.2 Å². The molecule has 1 fully saturated rings. The molecule has 8 heteroatoms. The molecular weight excluding hydrogens is 434 g/mol. The first-order valence-corrected chi connectivity index (χ1v) is 12.0. The van der Waals surface area contributed by atoms with Gasteiger partial charge in [0.1, 0.15) is 11.6 Å². The van der Waals surface area contributed by atoms with Gasteiger partial charge in [0.05, 0.1) is 12.9 Å². The van der Waals surface area contributed by atoms with Gasteiger partial charge in [-0.1, -0.05) is 30.0 Å². The van der Waals surface area contributed by atoms with Crippen molar-refractivity contribution in [3.05, 3.63) is 65.9 Å². The summed E-state index contributed by atoms with van der Waals surface area (Å²) < 4.78 is 5.35. The van der Waals surface area contributed by atoms with E-state index < -0.39 is 0 Å². The molecule has 0 saturated carbocycles. The molecule has 4 rings (SSSR count). The SMILES string of the molecule is COc1cccc(N2CCN(c3ccnc(SCC(=O)Nc4cccc(C)c4C)n3)CC2)c1. The van der Waals surface area contributed by atoms with Crippen LogP contribution in [0.2, 0.25) is 0 Å². The van der Waals surface area contributed by atoms with E-state index in [0.717, 1.165) is 54.6 Å². The molecule has 0 aliphatic carbocycles. The predicted octanol–water partition coefficient (Wildman–Crippen LogP) is 4.16. The number of rotatable bonds is 7. The minimum atomic E-state index is -0.0605. The first-order valence-electron chi connectivity index (χ1n) is 11.0. The third-order valence-electron chi connectivity index (χ3n) is 5.85. The van der Waals surface area contributed by atoms with Crippen LogP contribution in [0.1, 0.15) is 11.1 Å². The summed E-state index contributed by atoms with van der Waals surface area (Å²) >= 11 is 1.35. The second kappa shape index (κ2) is 10.6. The number of piperazine rings is 1. The van der Waals surface area contributed by atoms with Crippen LogP contribution in [0.15, 0.2) is 59.9 Å². The molecular formula is C25H29N5O2S. The number of nitrogens with one attached hydrogen (secondary N) is 1. The molecule has 33 heavy (non-hydrogen) atoms. The Labute approximate surface area is 199 Å². The zero-order chi connectivity index (χ0) is 23.2. The predicted molar refractivity (Wildman–Crippen MR) is 135 cm³/mol. The van der Waals surface area contributed by atoms with Crippen molar-refractivity contribution in [1.29, 1.82) is 0 Å². The summed E-state index contributed by atoms with van der Waals surface area (Å²) in [6.45, 7) is 7.58. The van der Waals surface area contributed by atoms with Crippen molar-refractivity contribution in [2.24, 2.45) is 0 Å². The highest BCUT2D eigenvalue weighted by atomic mass is 32.2. The molecule has 1 amide bonds. The van der Waals surface area contributed by atoms with Crippen molar-refractivity contribution >= 4 is 34.9 Å². The molecule has 7 nitrogen and oxygen atoms in total. The fourth-order valence-corrected chi connectivity index (χ4v) is 4.41. The topological polar surface area (TPSA) is 70.6 Å². The Hall–Kier alpha value is -3.26. The molecule has 0 spiro atoms. The minimum Gasteiger partial charge on any atom is -0.497 e. The summed E-state index contributed by atoms with van der Waals surface area (Å²) in [5.74, 6) is 1.97. The summed E-state index contributed by atoms with van der Waals surface area (Å²) in [5, 5.41) is 3.60. The third kappa shape index (κ3) is 5.76. The van der Waals surface area contributed by atoms with Crippen LogP contribution >= 0.6 is 11.8 Å². The monoisotopic (exact) mass is 463 g/mol. The van der Waals surface area contributed by atoms with Gasteiger partial charge in [0.2, 0.25) is 5.91 Å². The van der Waals surface area contributed by atoms with Gasteiger partial charge in [-0.15, -0.1) is 0 Å². The van der Waals surface area contributed by atoms with E-state index >= 15 is 0 Å². The molecule has 0 bridgehead atoms. The molecule has 3 aromatic rings. The quantitative estimate of drug-likeness (QED) is 0.417. The lowest BCUT2D eigenvalue weighted by atomic mass is 10.1. The van der Waals surface area contributed by atoms with E-state index in [-0.39, 0.29) is 11.7 Å². The van der Waals surface area contributed by atoms with Crippen LogP contribution in [-0.2, 0) is 4.79 Å². The van der Waals surface area contributed by atoms with Crippen molar-refractivity contribution in [3.63, 3.8) is 0 Å². The molecule has 0 unspecified atom stereocenters. The third-order valence-corrected chi connectivity index (χ3v) is 6.71. The highest BCUT2D eigenvalue weighted by molar-refractivity contribution is 7.99. The molecule has 2 aromatic carbocycles. The summed E-state index contributed by atoms with van der Waals surface area (Å²) in [4.78, 5) is 26.1. The molecule has 1 saturated heterocycles. The summed E-state index contributed by atoms with van der Waals surface area (Å²) in [5.41, 5.74) is 4.26. The number of methoxy groups -OCH3 is 1. The molecule has 0 atom stereocenters. The van der Waals surface area contributed by atoms with Gasteiger partial charge in [0.15, 0.2) is 5.16 Å².